The molecule has 3 atom stereocenters. The van der Waals surface area contributed by atoms with Crippen LogP contribution < -0.4 is 5.43 Å². The summed E-state index contributed by atoms with van der Waals surface area (Å²) in [6.45, 7) is 9.25. The number of nitrogens with one attached hydrogen (secondary N) is 2. The Bertz CT molecular complexity index is 1160. The summed E-state index contributed by atoms with van der Waals surface area (Å²) in [6.07, 6.45) is 9.42. The van der Waals surface area contributed by atoms with E-state index < -0.39 is 0 Å². The number of nitrogens with zero attached hydrogens (tertiary/aromatic N) is 4. The van der Waals surface area contributed by atoms with Crippen molar-refractivity contribution in [1.82, 2.24) is 20.2 Å². The van der Waals surface area contributed by atoms with E-state index in [0.29, 0.717) is 29.1 Å². The Morgan fingerprint density at radius 1 is 1.27 bits per heavy atom. The third-order valence-corrected chi connectivity index (χ3v) is 7.18. The number of anilines is 1. The van der Waals surface area contributed by atoms with Crippen LogP contribution in [0.15, 0.2) is 34.9 Å². The summed E-state index contributed by atoms with van der Waals surface area (Å²) < 4.78 is 0. The molecule has 2 aromatic heterocycles. The van der Waals surface area contributed by atoms with Crippen molar-refractivity contribution in [3.8, 4) is 0 Å². The lowest BCUT2D eigenvalue weighted by Gasteiger charge is -2.46. The zero-order valence-electron chi connectivity index (χ0n) is 18.2. The summed E-state index contributed by atoms with van der Waals surface area (Å²) >= 11 is 0. The van der Waals surface area contributed by atoms with Gasteiger partial charge in [-0.2, -0.15) is 10.1 Å². The van der Waals surface area contributed by atoms with Gasteiger partial charge in [0.1, 0.15) is 5.52 Å². The molecule has 0 radical (unpaired) electrons. The molecule has 1 saturated carbocycles. The topological polar surface area (TPSA) is 78.9 Å². The van der Waals surface area contributed by atoms with Gasteiger partial charge in [0, 0.05) is 17.1 Å². The molecule has 0 unspecified atom stereocenters. The van der Waals surface area contributed by atoms with Crippen LogP contribution in [0.2, 0.25) is 0 Å². The largest absolute Gasteiger partial charge is 0.338 e. The molecule has 2 heterocycles. The lowest BCUT2D eigenvalue weighted by molar-refractivity contribution is 0.149. The van der Waals surface area contributed by atoms with E-state index in [1.165, 1.54) is 31.2 Å². The molecule has 0 saturated heterocycles. The summed E-state index contributed by atoms with van der Waals surface area (Å²) in [5.41, 5.74) is 8.80. The van der Waals surface area contributed by atoms with E-state index in [0.717, 1.165) is 22.1 Å². The molecule has 0 amide bonds. The Labute approximate surface area is 177 Å². The van der Waals surface area contributed by atoms with Crippen LogP contribution in [0.3, 0.4) is 0 Å². The van der Waals surface area contributed by atoms with Crippen molar-refractivity contribution < 1.29 is 0 Å². The maximum atomic E-state index is 4.57. The molecule has 30 heavy (non-hydrogen) atoms. The van der Waals surface area contributed by atoms with Gasteiger partial charge in [-0.05, 0) is 67.9 Å². The Balaban J connectivity index is 1.33. The highest BCUT2D eigenvalue weighted by Gasteiger charge is 2.40. The standard InChI is InChI=1S/C24H30N6/c1-14-7-8-20-18(10-14)21-22(26-20)27-23(30-28-21)29-25-13-17-12-19-16(11-15(17)2)6-5-9-24(19,3)4/h6-8,10,13,15,17,19H,5,9,11-12H2,1-4H3,(H2,26,27,29,30)/b25-13-/t15-,17+,19+/m0/s1. The van der Waals surface area contributed by atoms with Crippen LogP contribution in [0.5, 0.6) is 0 Å². The van der Waals surface area contributed by atoms with Gasteiger partial charge in [-0.3, -0.25) is 0 Å². The quantitative estimate of drug-likeness (QED) is 0.338. The second kappa shape index (κ2) is 7.18. The molecule has 6 nitrogen and oxygen atoms in total. The van der Waals surface area contributed by atoms with Crippen molar-refractivity contribution >= 4 is 34.2 Å². The first-order valence-electron chi connectivity index (χ1n) is 11.0. The fraction of sp³-hybridized carbons (Fsp3) is 0.500. The first kappa shape index (κ1) is 19.2. The van der Waals surface area contributed by atoms with Gasteiger partial charge in [0.25, 0.3) is 5.95 Å². The number of allylic oxidation sites excluding steroid dienone is 2. The molecule has 2 aliphatic rings. The maximum Gasteiger partial charge on any atom is 0.265 e. The average Bonchev–Trinajstić information content (AvgIpc) is 3.05. The highest BCUT2D eigenvalue weighted by atomic mass is 15.4. The zero-order valence-corrected chi connectivity index (χ0v) is 18.2. The first-order chi connectivity index (χ1) is 14.4. The van der Waals surface area contributed by atoms with E-state index in [1.54, 1.807) is 5.57 Å². The van der Waals surface area contributed by atoms with Crippen LogP contribution in [0.25, 0.3) is 22.1 Å². The van der Waals surface area contributed by atoms with Gasteiger partial charge in [-0.1, -0.05) is 44.1 Å². The van der Waals surface area contributed by atoms with Crippen molar-refractivity contribution in [1.29, 1.82) is 0 Å². The maximum absolute atomic E-state index is 4.57. The van der Waals surface area contributed by atoms with Gasteiger partial charge in [-0.25, -0.2) is 5.43 Å². The van der Waals surface area contributed by atoms with Crippen molar-refractivity contribution in [2.45, 2.75) is 53.4 Å². The highest BCUT2D eigenvalue weighted by Crippen LogP contribution is 2.50. The normalized spacial score (nSPS) is 26.1. The highest BCUT2D eigenvalue weighted by molar-refractivity contribution is 6.03. The van der Waals surface area contributed by atoms with Gasteiger partial charge < -0.3 is 4.98 Å². The molecule has 2 aliphatic carbocycles. The number of aryl methyl sites for hydroxylation is 1. The number of hydrogen-bond donors (Lipinski definition) is 2. The first-order valence-corrected chi connectivity index (χ1v) is 11.0. The predicted molar refractivity (Wildman–Crippen MR) is 123 cm³/mol. The minimum Gasteiger partial charge on any atom is -0.338 e. The molecule has 156 valence electrons. The average molecular weight is 403 g/mol. The third kappa shape index (κ3) is 3.38. The van der Waals surface area contributed by atoms with E-state index in [9.17, 15) is 0 Å². The van der Waals surface area contributed by atoms with Crippen molar-refractivity contribution in [3.63, 3.8) is 0 Å². The molecular weight excluding hydrogens is 372 g/mol. The minimum atomic E-state index is 0.385. The Hall–Kier alpha value is -2.76. The summed E-state index contributed by atoms with van der Waals surface area (Å²) in [6, 6.07) is 6.24. The Morgan fingerprint density at radius 3 is 3.00 bits per heavy atom. The molecule has 5 rings (SSSR count). The molecular formula is C24H30N6. The van der Waals surface area contributed by atoms with Crippen LogP contribution in [-0.2, 0) is 0 Å². The van der Waals surface area contributed by atoms with Crippen LogP contribution >= 0.6 is 0 Å². The van der Waals surface area contributed by atoms with Crippen molar-refractivity contribution in [2.75, 3.05) is 5.43 Å². The van der Waals surface area contributed by atoms with E-state index in [2.05, 4.69) is 88.9 Å². The smallest absolute Gasteiger partial charge is 0.265 e. The van der Waals surface area contributed by atoms with Crippen LogP contribution in [-0.4, -0.2) is 26.4 Å². The van der Waals surface area contributed by atoms with Gasteiger partial charge in [0.05, 0.1) is 0 Å². The number of aromatic nitrogens is 4. The molecule has 6 heteroatoms. The molecule has 0 aliphatic heterocycles. The fourth-order valence-electron chi connectivity index (χ4n) is 5.30. The number of hydrazone groups is 1. The number of aromatic amines is 1. The second-order valence-electron chi connectivity index (χ2n) is 9.84. The van der Waals surface area contributed by atoms with Crippen molar-refractivity contribution in [3.05, 3.63) is 35.4 Å². The monoisotopic (exact) mass is 402 g/mol. The predicted octanol–water partition coefficient (Wildman–Crippen LogP) is 5.62. The number of benzene rings is 1. The third-order valence-electron chi connectivity index (χ3n) is 7.18. The van der Waals surface area contributed by atoms with E-state index >= 15 is 0 Å². The molecule has 2 N–H and O–H groups in total. The molecule has 0 spiro atoms. The lowest BCUT2D eigenvalue weighted by Crippen LogP contribution is -2.36. The van der Waals surface area contributed by atoms with Crippen LogP contribution in [0, 0.1) is 30.1 Å². The SMILES string of the molecule is Cc1ccc2[nH]c3nc(N/N=C\[C@H]4C[C@@H]5C(=CCCC5(C)C)C[C@@H]4C)nnc3c2c1. The number of rotatable bonds is 3. The van der Waals surface area contributed by atoms with Gasteiger partial charge in [0.2, 0.25) is 0 Å². The van der Waals surface area contributed by atoms with E-state index in [1.807, 2.05) is 0 Å². The molecule has 3 aromatic rings. The minimum absolute atomic E-state index is 0.385. The Morgan fingerprint density at radius 2 is 2.13 bits per heavy atom. The number of H-pyrrole nitrogens is 1. The van der Waals surface area contributed by atoms with Gasteiger partial charge in [-0.15, -0.1) is 10.2 Å². The summed E-state index contributed by atoms with van der Waals surface area (Å²) in [7, 11) is 0. The van der Waals surface area contributed by atoms with Gasteiger partial charge in [0.15, 0.2) is 5.65 Å². The molecule has 1 fully saturated rings. The second-order valence-corrected chi connectivity index (χ2v) is 9.84. The van der Waals surface area contributed by atoms with Crippen LogP contribution in [0.4, 0.5) is 5.95 Å². The lowest BCUT2D eigenvalue weighted by atomic mass is 9.59. The fourth-order valence-corrected chi connectivity index (χ4v) is 5.30. The number of hydrogen-bond acceptors (Lipinski definition) is 5. The molecule has 0 bridgehead atoms. The summed E-state index contributed by atoms with van der Waals surface area (Å²) in [5.74, 6) is 2.15. The van der Waals surface area contributed by atoms with E-state index in [4.69, 9.17) is 0 Å². The van der Waals surface area contributed by atoms with Crippen LogP contribution in [0.1, 0.15) is 52.0 Å². The Kier molecular flexibility index (Phi) is 4.60. The van der Waals surface area contributed by atoms with Gasteiger partial charge >= 0.3 is 0 Å². The number of fused-ring (bicyclic) bond motifs is 4. The summed E-state index contributed by atoms with van der Waals surface area (Å²) in [5, 5.41) is 14.2. The van der Waals surface area contributed by atoms with Crippen molar-refractivity contribution in [2.24, 2.45) is 28.3 Å². The summed E-state index contributed by atoms with van der Waals surface area (Å²) in [4.78, 5) is 7.89. The zero-order chi connectivity index (χ0) is 20.9. The van der Waals surface area contributed by atoms with E-state index in [-0.39, 0.29) is 0 Å². The molecule has 1 aromatic carbocycles.